The van der Waals surface area contributed by atoms with Gasteiger partial charge in [-0.1, -0.05) is 0 Å². The highest BCUT2D eigenvalue weighted by molar-refractivity contribution is 5.96. The summed E-state index contributed by atoms with van der Waals surface area (Å²) in [4.78, 5) is 28.9. The Morgan fingerprint density at radius 1 is 0.921 bits per heavy atom. The zero-order valence-corrected chi connectivity index (χ0v) is 22.8. The van der Waals surface area contributed by atoms with Crippen LogP contribution in [0.5, 0.6) is 17.2 Å². The van der Waals surface area contributed by atoms with Gasteiger partial charge in [-0.15, -0.1) is 0 Å². The van der Waals surface area contributed by atoms with Crippen LogP contribution in [-0.2, 0) is 17.9 Å². The van der Waals surface area contributed by atoms with Gasteiger partial charge in [-0.2, -0.15) is 0 Å². The van der Waals surface area contributed by atoms with Crippen molar-refractivity contribution in [1.82, 2.24) is 14.7 Å². The molecule has 9 heteroatoms. The number of ether oxygens (including phenoxy) is 4. The van der Waals surface area contributed by atoms with Gasteiger partial charge in [0.2, 0.25) is 5.75 Å². The molecule has 0 spiro atoms. The minimum Gasteiger partial charge on any atom is -0.493 e. The summed E-state index contributed by atoms with van der Waals surface area (Å²) in [5.74, 6) is 1.27. The summed E-state index contributed by atoms with van der Waals surface area (Å²) in [7, 11) is 6.32. The number of aromatic nitrogens is 2. The SMILES string of the molecule is COCc1cc2cc(-c3cc(OC)c(OC)c(OC)c3)cn2c(C(=O)NCc2c(C)cc(C)[nH]c2=O)c1C. The second kappa shape index (κ2) is 11.0. The number of carbonyl (C=O) groups excluding carboxylic acids is 1. The van der Waals surface area contributed by atoms with Gasteiger partial charge in [-0.05, 0) is 73.4 Å². The highest BCUT2D eigenvalue weighted by Gasteiger charge is 2.20. The Morgan fingerprint density at radius 2 is 1.61 bits per heavy atom. The number of amides is 1. The van der Waals surface area contributed by atoms with Crippen LogP contribution in [0, 0.1) is 20.8 Å². The lowest BCUT2D eigenvalue weighted by atomic mass is 10.1. The number of hydrogen-bond donors (Lipinski definition) is 2. The van der Waals surface area contributed by atoms with Gasteiger partial charge in [-0.3, -0.25) is 9.59 Å². The van der Waals surface area contributed by atoms with Gasteiger partial charge in [-0.25, -0.2) is 0 Å². The highest BCUT2D eigenvalue weighted by atomic mass is 16.5. The van der Waals surface area contributed by atoms with Crippen molar-refractivity contribution in [2.45, 2.75) is 33.9 Å². The average molecular weight is 520 g/mol. The van der Waals surface area contributed by atoms with Gasteiger partial charge >= 0.3 is 0 Å². The fourth-order valence-electron chi connectivity index (χ4n) is 4.75. The van der Waals surface area contributed by atoms with Crippen molar-refractivity contribution >= 4 is 11.4 Å². The molecule has 4 aromatic rings. The lowest BCUT2D eigenvalue weighted by Gasteiger charge is -2.15. The molecule has 0 saturated heterocycles. The molecule has 3 aromatic heterocycles. The summed E-state index contributed by atoms with van der Waals surface area (Å²) in [5, 5.41) is 2.94. The third kappa shape index (κ3) is 4.97. The van der Waals surface area contributed by atoms with E-state index in [0.717, 1.165) is 39.0 Å². The van der Waals surface area contributed by atoms with E-state index in [1.54, 1.807) is 28.4 Å². The molecule has 38 heavy (non-hydrogen) atoms. The minimum atomic E-state index is -0.295. The van der Waals surface area contributed by atoms with Crippen molar-refractivity contribution in [1.29, 1.82) is 0 Å². The number of H-pyrrole nitrogens is 1. The lowest BCUT2D eigenvalue weighted by Crippen LogP contribution is -2.30. The molecular weight excluding hydrogens is 486 g/mol. The molecule has 3 heterocycles. The first-order chi connectivity index (χ1) is 18.2. The van der Waals surface area contributed by atoms with Crippen molar-refractivity contribution in [3.8, 4) is 28.4 Å². The Kier molecular flexibility index (Phi) is 7.78. The molecule has 0 aliphatic rings. The van der Waals surface area contributed by atoms with Gasteiger partial charge < -0.3 is 33.6 Å². The Hall–Kier alpha value is -4.24. The van der Waals surface area contributed by atoms with Crippen LogP contribution in [0.4, 0.5) is 0 Å². The molecule has 0 fully saturated rings. The van der Waals surface area contributed by atoms with E-state index in [4.69, 9.17) is 18.9 Å². The van der Waals surface area contributed by atoms with Crippen LogP contribution >= 0.6 is 0 Å². The molecule has 0 aliphatic carbocycles. The number of nitrogens with zero attached hydrogens (tertiary/aromatic N) is 1. The molecule has 0 atom stereocenters. The maximum Gasteiger partial charge on any atom is 0.268 e. The van der Waals surface area contributed by atoms with Gasteiger partial charge in [0, 0.05) is 42.2 Å². The summed E-state index contributed by atoms with van der Waals surface area (Å²) in [6.07, 6.45) is 1.90. The molecule has 0 saturated carbocycles. The molecule has 0 unspecified atom stereocenters. The number of methoxy groups -OCH3 is 4. The number of benzene rings is 1. The molecule has 9 nitrogen and oxygen atoms in total. The topological polar surface area (TPSA) is 103 Å². The fourth-order valence-corrected chi connectivity index (χ4v) is 4.75. The van der Waals surface area contributed by atoms with Crippen molar-refractivity contribution in [2.24, 2.45) is 0 Å². The van der Waals surface area contributed by atoms with Gasteiger partial charge in [0.1, 0.15) is 5.69 Å². The van der Waals surface area contributed by atoms with Gasteiger partial charge in [0.15, 0.2) is 11.5 Å². The monoisotopic (exact) mass is 519 g/mol. The number of nitrogens with one attached hydrogen (secondary N) is 2. The van der Waals surface area contributed by atoms with E-state index < -0.39 is 0 Å². The van der Waals surface area contributed by atoms with Crippen LogP contribution in [-0.4, -0.2) is 43.7 Å². The minimum absolute atomic E-state index is 0.108. The summed E-state index contributed by atoms with van der Waals surface area (Å²) >= 11 is 0. The number of pyridine rings is 2. The van der Waals surface area contributed by atoms with E-state index in [2.05, 4.69) is 10.3 Å². The maximum atomic E-state index is 13.6. The highest BCUT2D eigenvalue weighted by Crippen LogP contribution is 2.41. The zero-order valence-electron chi connectivity index (χ0n) is 22.8. The Bertz CT molecular complexity index is 1540. The van der Waals surface area contributed by atoms with E-state index in [1.165, 1.54) is 0 Å². The lowest BCUT2D eigenvalue weighted by molar-refractivity contribution is 0.0943. The van der Waals surface area contributed by atoms with E-state index in [9.17, 15) is 9.59 Å². The van der Waals surface area contributed by atoms with Gasteiger partial charge in [0.25, 0.3) is 11.5 Å². The molecule has 0 aliphatic heterocycles. The first-order valence-corrected chi connectivity index (χ1v) is 12.1. The molecule has 1 amide bonds. The normalized spacial score (nSPS) is 11.0. The van der Waals surface area contributed by atoms with Crippen molar-refractivity contribution < 1.29 is 23.7 Å². The average Bonchev–Trinajstić information content (AvgIpc) is 3.31. The maximum absolute atomic E-state index is 13.6. The molecule has 0 radical (unpaired) electrons. The number of aryl methyl sites for hydroxylation is 2. The largest absolute Gasteiger partial charge is 0.493 e. The molecule has 0 bridgehead atoms. The Labute approximate surface area is 221 Å². The second-order valence-corrected chi connectivity index (χ2v) is 9.14. The second-order valence-electron chi connectivity index (χ2n) is 9.14. The summed E-state index contributed by atoms with van der Waals surface area (Å²) in [6.45, 7) is 6.05. The first kappa shape index (κ1) is 26.8. The summed E-state index contributed by atoms with van der Waals surface area (Å²) in [6, 6.07) is 9.62. The van der Waals surface area contributed by atoms with E-state index >= 15 is 0 Å². The molecule has 4 rings (SSSR count). The van der Waals surface area contributed by atoms with Crippen LogP contribution in [0.2, 0.25) is 0 Å². The van der Waals surface area contributed by atoms with E-state index in [-0.39, 0.29) is 18.0 Å². The smallest absolute Gasteiger partial charge is 0.268 e. The molecule has 2 N–H and O–H groups in total. The van der Waals surface area contributed by atoms with Crippen LogP contribution in [0.1, 0.15) is 38.4 Å². The van der Waals surface area contributed by atoms with Crippen molar-refractivity contribution in [3.63, 3.8) is 0 Å². The molecule has 200 valence electrons. The van der Waals surface area contributed by atoms with Crippen LogP contribution in [0.3, 0.4) is 0 Å². The third-order valence-electron chi connectivity index (χ3n) is 6.68. The van der Waals surface area contributed by atoms with Crippen LogP contribution in [0.25, 0.3) is 16.6 Å². The number of fused-ring (bicyclic) bond motifs is 1. The van der Waals surface area contributed by atoms with E-state index in [0.29, 0.717) is 35.1 Å². The van der Waals surface area contributed by atoms with Crippen molar-refractivity contribution in [3.05, 3.63) is 80.5 Å². The van der Waals surface area contributed by atoms with Crippen molar-refractivity contribution in [2.75, 3.05) is 28.4 Å². The number of rotatable bonds is 9. The predicted molar refractivity (Wildman–Crippen MR) is 146 cm³/mol. The molecule has 1 aromatic carbocycles. The van der Waals surface area contributed by atoms with Crippen LogP contribution < -0.4 is 25.1 Å². The number of carbonyl (C=O) groups is 1. The molecular formula is C29H33N3O6. The predicted octanol–water partition coefficient (Wildman–Crippen LogP) is 4.32. The van der Waals surface area contributed by atoms with E-state index in [1.807, 2.05) is 61.7 Å². The first-order valence-electron chi connectivity index (χ1n) is 12.1. The Balaban J connectivity index is 1.81. The summed E-state index contributed by atoms with van der Waals surface area (Å²) < 4.78 is 23.8. The standard InChI is InChI=1S/C29H33N3O6/c1-16-8-17(2)31-28(33)23(16)13-30-29(34)26-18(3)21(15-35-4)10-22-9-20(14-32(22)26)19-11-24(36-5)27(38-7)25(12-19)37-6/h8-12,14H,13,15H2,1-7H3,(H,30,34)(H,31,33). The number of aromatic amines is 1. The van der Waals surface area contributed by atoms with Crippen LogP contribution in [0.15, 0.2) is 41.3 Å². The summed E-state index contributed by atoms with van der Waals surface area (Å²) in [5.41, 5.74) is 6.59. The fraction of sp³-hybridized carbons (Fsp3) is 0.310. The zero-order chi connectivity index (χ0) is 27.6. The third-order valence-corrected chi connectivity index (χ3v) is 6.68. The quantitative estimate of drug-likeness (QED) is 0.341. The number of hydrogen-bond acceptors (Lipinski definition) is 6. The Morgan fingerprint density at radius 3 is 2.18 bits per heavy atom. The van der Waals surface area contributed by atoms with Gasteiger partial charge in [0.05, 0.1) is 27.9 Å².